The summed E-state index contributed by atoms with van der Waals surface area (Å²) in [5, 5.41) is 10.3. The number of aromatic nitrogens is 1. The predicted octanol–water partition coefficient (Wildman–Crippen LogP) is 4.61. The van der Waals surface area contributed by atoms with Gasteiger partial charge < -0.3 is 9.47 Å². The zero-order valence-electron chi connectivity index (χ0n) is 20.3. The number of fused-ring (bicyclic) bond motifs is 1. The van der Waals surface area contributed by atoms with Crippen molar-refractivity contribution in [3.63, 3.8) is 0 Å². The second-order valence-electron chi connectivity index (χ2n) is 8.75. The Kier molecular flexibility index (Phi) is 7.73. The maximum atomic E-state index is 12.5. The maximum Gasteiger partial charge on any atom is 0.306 e. The van der Waals surface area contributed by atoms with Crippen LogP contribution in [0.1, 0.15) is 49.4 Å². The molecule has 0 radical (unpaired) electrons. The van der Waals surface area contributed by atoms with Crippen molar-refractivity contribution in [1.82, 2.24) is 9.71 Å². The highest BCUT2D eigenvalue weighted by Crippen LogP contribution is 2.41. The van der Waals surface area contributed by atoms with Crippen LogP contribution in [0, 0.1) is 11.3 Å². The van der Waals surface area contributed by atoms with E-state index in [-0.39, 0.29) is 24.3 Å². The Balaban J connectivity index is 1.56. The summed E-state index contributed by atoms with van der Waals surface area (Å²) < 4.78 is 38.0. The zero-order valence-corrected chi connectivity index (χ0v) is 21.9. The number of esters is 1. The van der Waals surface area contributed by atoms with Gasteiger partial charge in [-0.25, -0.2) is 18.1 Å². The molecule has 1 aliphatic rings. The van der Waals surface area contributed by atoms with Gasteiger partial charge in [-0.2, -0.15) is 5.26 Å². The zero-order chi connectivity index (χ0) is 25.9. The normalized spacial score (nSPS) is 14.9. The van der Waals surface area contributed by atoms with Crippen LogP contribution in [0.3, 0.4) is 0 Å². The average molecular weight is 526 g/mol. The van der Waals surface area contributed by atoms with Crippen molar-refractivity contribution in [1.29, 1.82) is 5.26 Å². The molecule has 0 spiro atoms. The van der Waals surface area contributed by atoms with Crippen LogP contribution in [0.15, 0.2) is 42.6 Å². The van der Waals surface area contributed by atoms with Gasteiger partial charge in [0.05, 0.1) is 35.8 Å². The molecular formula is C26H27N3O5S2. The number of rotatable bonds is 9. The molecule has 4 rings (SSSR count). The van der Waals surface area contributed by atoms with Gasteiger partial charge >= 0.3 is 5.97 Å². The number of hydrogen-bond acceptors (Lipinski definition) is 8. The largest absolute Gasteiger partial charge is 0.490 e. The van der Waals surface area contributed by atoms with Gasteiger partial charge in [0.2, 0.25) is 10.0 Å². The first-order valence-corrected chi connectivity index (χ1v) is 14.0. The molecule has 0 fully saturated rings. The highest BCUT2D eigenvalue weighted by molar-refractivity contribution is 7.89. The number of ether oxygens (including phenoxy) is 2. The average Bonchev–Trinajstić information content (AvgIpc) is 3.50. The quantitative estimate of drug-likeness (QED) is 0.405. The summed E-state index contributed by atoms with van der Waals surface area (Å²) in [4.78, 5) is 16.9. The first kappa shape index (κ1) is 25.8. The molecule has 0 saturated carbocycles. The van der Waals surface area contributed by atoms with E-state index in [4.69, 9.17) is 4.74 Å². The van der Waals surface area contributed by atoms with E-state index < -0.39 is 16.0 Å². The number of nitriles is 1. The van der Waals surface area contributed by atoms with Crippen LogP contribution in [-0.4, -0.2) is 38.3 Å². The fourth-order valence-corrected chi connectivity index (χ4v) is 6.44. The molecule has 1 atom stereocenters. The van der Waals surface area contributed by atoms with E-state index in [2.05, 4.69) is 20.5 Å². The van der Waals surface area contributed by atoms with Crippen LogP contribution < -0.4 is 9.46 Å². The Morgan fingerprint density at radius 1 is 1.31 bits per heavy atom. The number of hydrogen-bond donors (Lipinski definition) is 1. The lowest BCUT2D eigenvalue weighted by Crippen LogP contribution is -2.30. The Bertz CT molecular complexity index is 1420. The third-order valence-electron chi connectivity index (χ3n) is 5.88. The number of sulfonamides is 1. The van der Waals surface area contributed by atoms with Gasteiger partial charge in [0.1, 0.15) is 16.8 Å². The van der Waals surface area contributed by atoms with E-state index in [0.717, 1.165) is 38.6 Å². The Hall–Kier alpha value is -3.26. The molecule has 0 saturated heterocycles. The minimum Gasteiger partial charge on any atom is -0.490 e. The molecular weight excluding hydrogens is 498 g/mol. The highest BCUT2D eigenvalue weighted by Gasteiger charge is 2.29. The highest BCUT2D eigenvalue weighted by atomic mass is 32.2. The molecule has 10 heteroatoms. The molecule has 3 aromatic rings. The summed E-state index contributed by atoms with van der Waals surface area (Å²) >= 11 is 1.52. The molecule has 0 amide bonds. The fourth-order valence-electron chi connectivity index (χ4n) is 4.24. The molecule has 1 N–H and O–H groups in total. The molecule has 1 aromatic heterocycles. The molecule has 188 valence electrons. The molecule has 8 nitrogen and oxygen atoms in total. The van der Waals surface area contributed by atoms with Gasteiger partial charge in [-0.3, -0.25) is 4.79 Å². The first-order valence-electron chi connectivity index (χ1n) is 11.6. The van der Waals surface area contributed by atoms with Crippen molar-refractivity contribution in [2.24, 2.45) is 0 Å². The summed E-state index contributed by atoms with van der Waals surface area (Å²) in [6, 6.07) is 13.2. The lowest BCUT2D eigenvalue weighted by atomic mass is 10.0. The van der Waals surface area contributed by atoms with Crippen molar-refractivity contribution < 1.29 is 22.7 Å². The van der Waals surface area contributed by atoms with Crippen LogP contribution in [-0.2, 0) is 26.0 Å². The fraction of sp³-hybridized carbons (Fsp3) is 0.346. The van der Waals surface area contributed by atoms with Crippen molar-refractivity contribution in [3.05, 3.63) is 59.3 Å². The number of methoxy groups -OCH3 is 1. The molecule has 2 aromatic carbocycles. The van der Waals surface area contributed by atoms with E-state index in [0.29, 0.717) is 17.7 Å². The van der Waals surface area contributed by atoms with Crippen LogP contribution in [0.4, 0.5) is 0 Å². The summed E-state index contributed by atoms with van der Waals surface area (Å²) in [7, 11) is -2.40. The minimum atomic E-state index is -3.64. The molecule has 1 heterocycles. The molecule has 1 aliphatic carbocycles. The summed E-state index contributed by atoms with van der Waals surface area (Å²) in [5.41, 5.74) is 4.34. The van der Waals surface area contributed by atoms with E-state index in [1.807, 2.05) is 44.3 Å². The van der Waals surface area contributed by atoms with Crippen LogP contribution in [0.5, 0.6) is 5.75 Å². The lowest BCUT2D eigenvalue weighted by Gasteiger charge is -2.15. The van der Waals surface area contributed by atoms with Gasteiger partial charge in [0.25, 0.3) is 0 Å². The second-order valence-corrected chi connectivity index (χ2v) is 11.7. The SMILES string of the molecule is COC(=O)CCS(=O)(=O)N[C@@H]1CCc2c(-c3cnc(-c4ccc(OC(C)C)c(C#N)c4)s3)cccc21. The number of benzene rings is 2. The first-order chi connectivity index (χ1) is 17.2. The van der Waals surface area contributed by atoms with Gasteiger partial charge in [-0.05, 0) is 61.6 Å². The van der Waals surface area contributed by atoms with Crippen molar-refractivity contribution in [2.75, 3.05) is 12.9 Å². The third kappa shape index (κ3) is 5.75. The van der Waals surface area contributed by atoms with E-state index in [1.54, 1.807) is 12.1 Å². The molecule has 0 aliphatic heterocycles. The van der Waals surface area contributed by atoms with Gasteiger partial charge in [-0.15, -0.1) is 11.3 Å². The van der Waals surface area contributed by atoms with E-state index >= 15 is 0 Å². The van der Waals surface area contributed by atoms with Crippen molar-refractivity contribution in [3.8, 4) is 32.8 Å². The lowest BCUT2D eigenvalue weighted by molar-refractivity contribution is -0.140. The number of nitrogens with zero attached hydrogens (tertiary/aromatic N) is 2. The monoisotopic (exact) mass is 525 g/mol. The third-order valence-corrected chi connectivity index (χ3v) is 8.34. The van der Waals surface area contributed by atoms with Crippen LogP contribution >= 0.6 is 11.3 Å². The maximum absolute atomic E-state index is 12.5. The molecule has 0 bridgehead atoms. The number of carbonyl (C=O) groups excluding carboxylic acids is 1. The number of thiazole rings is 1. The Morgan fingerprint density at radius 2 is 2.11 bits per heavy atom. The van der Waals surface area contributed by atoms with Gasteiger partial charge in [0.15, 0.2) is 0 Å². The van der Waals surface area contributed by atoms with E-state index in [1.165, 1.54) is 18.4 Å². The molecule has 36 heavy (non-hydrogen) atoms. The summed E-state index contributed by atoms with van der Waals surface area (Å²) in [5.74, 6) is -0.316. The van der Waals surface area contributed by atoms with Crippen molar-refractivity contribution in [2.45, 2.75) is 45.3 Å². The minimum absolute atomic E-state index is 0.0317. The van der Waals surface area contributed by atoms with Gasteiger partial charge in [0, 0.05) is 17.8 Å². The number of carbonyl (C=O) groups is 1. The second kappa shape index (κ2) is 10.8. The van der Waals surface area contributed by atoms with Crippen LogP contribution in [0.2, 0.25) is 0 Å². The Morgan fingerprint density at radius 3 is 2.83 bits per heavy atom. The van der Waals surface area contributed by atoms with Crippen LogP contribution in [0.25, 0.3) is 21.0 Å². The van der Waals surface area contributed by atoms with Crippen molar-refractivity contribution >= 4 is 27.3 Å². The Labute approximate surface area is 215 Å². The standard InChI is InChI=1S/C26H27N3O5S2/c1-16(2)34-23-10-7-17(13-18(23)14-27)26-28-15-24(35-26)21-6-4-5-20-19(21)8-9-22(20)29-36(31,32)12-11-25(30)33-3/h4-7,10,13,15-16,22,29H,8-9,11-12H2,1-3H3/t22-/m1/s1. The predicted molar refractivity (Wildman–Crippen MR) is 138 cm³/mol. The molecule has 0 unspecified atom stereocenters. The van der Waals surface area contributed by atoms with E-state index in [9.17, 15) is 18.5 Å². The topological polar surface area (TPSA) is 118 Å². The smallest absolute Gasteiger partial charge is 0.306 e. The number of nitrogens with one attached hydrogen (secondary N) is 1. The summed E-state index contributed by atoms with van der Waals surface area (Å²) in [6.07, 6.45) is 2.96. The summed E-state index contributed by atoms with van der Waals surface area (Å²) in [6.45, 7) is 3.83. The van der Waals surface area contributed by atoms with Gasteiger partial charge in [-0.1, -0.05) is 18.2 Å².